The van der Waals surface area contributed by atoms with Crippen LogP contribution >= 0.6 is 0 Å². The lowest BCUT2D eigenvalue weighted by atomic mass is 9.68. The molecule has 4 N–H and O–H groups in total. The van der Waals surface area contributed by atoms with E-state index < -0.39 is 16.2 Å². The van der Waals surface area contributed by atoms with E-state index in [4.69, 9.17) is 10.5 Å². The molecule has 4 rings (SSSR count). The number of anilines is 1. The lowest BCUT2D eigenvalue weighted by Crippen LogP contribution is -2.42. The summed E-state index contributed by atoms with van der Waals surface area (Å²) in [5, 5.41) is 30.5. The summed E-state index contributed by atoms with van der Waals surface area (Å²) in [5.41, 5.74) is 5.49. The molecule has 1 aromatic carbocycles. The van der Waals surface area contributed by atoms with E-state index >= 15 is 0 Å². The second kappa shape index (κ2) is 5.06. The van der Waals surface area contributed by atoms with Gasteiger partial charge < -0.3 is 15.8 Å². The van der Waals surface area contributed by atoms with Gasteiger partial charge in [-0.2, -0.15) is 5.26 Å². The zero-order valence-electron chi connectivity index (χ0n) is 13.5. The number of amides is 1. The van der Waals surface area contributed by atoms with Gasteiger partial charge in [-0.15, -0.1) is 5.10 Å². The van der Waals surface area contributed by atoms with Crippen LogP contribution in [-0.2, 0) is 16.6 Å². The van der Waals surface area contributed by atoms with E-state index in [0.29, 0.717) is 23.4 Å². The number of non-ortho nitro benzene ring substituents is 1. The number of aryl methyl sites for hydroxylation is 1. The van der Waals surface area contributed by atoms with Gasteiger partial charge in [0.05, 0.1) is 10.5 Å². The quantitative estimate of drug-likeness (QED) is 0.540. The first kappa shape index (κ1) is 15.6. The number of nitro benzene ring substituents is 1. The first-order valence-electron chi connectivity index (χ1n) is 7.71. The summed E-state index contributed by atoms with van der Waals surface area (Å²) >= 11 is 0. The number of rotatable bonds is 2. The fraction of sp³-hybridized carbons (Fsp3) is 0.188. The fourth-order valence-electron chi connectivity index (χ4n) is 3.58. The van der Waals surface area contributed by atoms with Gasteiger partial charge in [-0.1, -0.05) is 6.92 Å². The number of H-pyrrole nitrogens is 1. The number of aromatic amines is 1. The molecule has 1 atom stereocenters. The molecular formula is C16H12N6O4. The third-order valence-corrected chi connectivity index (χ3v) is 4.68. The van der Waals surface area contributed by atoms with Gasteiger partial charge in [0, 0.05) is 29.1 Å². The van der Waals surface area contributed by atoms with Crippen molar-refractivity contribution in [2.45, 2.75) is 18.8 Å². The molecule has 130 valence electrons. The summed E-state index contributed by atoms with van der Waals surface area (Å²) in [7, 11) is 0. The maximum absolute atomic E-state index is 13.1. The summed E-state index contributed by atoms with van der Waals surface area (Å²) in [6, 6.07) is 5.94. The van der Waals surface area contributed by atoms with Crippen molar-refractivity contribution in [2.24, 2.45) is 5.73 Å². The third kappa shape index (κ3) is 1.68. The molecule has 0 saturated heterocycles. The van der Waals surface area contributed by atoms with E-state index in [1.54, 1.807) is 0 Å². The number of benzene rings is 1. The molecule has 0 fully saturated rings. The average Bonchev–Trinajstić information content (AvgIpc) is 3.14. The molecule has 0 aliphatic carbocycles. The van der Waals surface area contributed by atoms with Gasteiger partial charge in [-0.3, -0.25) is 20.0 Å². The van der Waals surface area contributed by atoms with Crippen LogP contribution in [0.3, 0.4) is 0 Å². The summed E-state index contributed by atoms with van der Waals surface area (Å²) in [4.78, 5) is 23.8. The second-order valence-electron chi connectivity index (χ2n) is 5.88. The molecule has 1 amide bonds. The number of hydrogen-bond donors (Lipinski definition) is 3. The molecule has 1 spiro atoms. The monoisotopic (exact) mass is 352 g/mol. The summed E-state index contributed by atoms with van der Waals surface area (Å²) in [6.45, 7) is 1.84. The van der Waals surface area contributed by atoms with Crippen LogP contribution in [0.1, 0.15) is 23.7 Å². The molecule has 10 heteroatoms. The number of ether oxygens (including phenoxy) is 1. The van der Waals surface area contributed by atoms with Crippen molar-refractivity contribution >= 4 is 17.3 Å². The number of nitriles is 1. The Bertz CT molecular complexity index is 1060. The predicted octanol–water partition coefficient (Wildman–Crippen LogP) is 1.20. The highest BCUT2D eigenvalue weighted by atomic mass is 16.6. The first-order valence-corrected chi connectivity index (χ1v) is 7.71. The largest absolute Gasteiger partial charge is 0.420 e. The number of aromatic nitrogens is 2. The van der Waals surface area contributed by atoms with Crippen LogP contribution in [-0.4, -0.2) is 21.0 Å². The minimum absolute atomic E-state index is 0.0767. The van der Waals surface area contributed by atoms with Crippen molar-refractivity contribution < 1.29 is 14.5 Å². The number of nitro groups is 1. The zero-order chi connectivity index (χ0) is 18.6. The second-order valence-corrected chi connectivity index (χ2v) is 5.88. The molecule has 1 aromatic heterocycles. The van der Waals surface area contributed by atoms with Gasteiger partial charge in [0.25, 0.3) is 5.69 Å². The molecule has 2 aliphatic heterocycles. The number of nitrogens with one attached hydrogen (secondary N) is 2. The Hall–Kier alpha value is -3.87. The number of carbonyl (C=O) groups is 1. The Labute approximate surface area is 146 Å². The molecule has 1 unspecified atom stereocenters. The lowest BCUT2D eigenvalue weighted by molar-refractivity contribution is -0.384. The van der Waals surface area contributed by atoms with Gasteiger partial charge in [-0.05, 0) is 12.5 Å². The topological polar surface area (TPSA) is 160 Å². The Morgan fingerprint density at radius 1 is 1.50 bits per heavy atom. The molecule has 26 heavy (non-hydrogen) atoms. The SMILES string of the molecule is CCc1[nH]nc2c1C1(C(=O)Nc3ccc([N+](=O)[O-])cc31)C(C#N)=C(N)O2. The number of nitrogens with zero attached hydrogens (tertiary/aromatic N) is 3. The maximum Gasteiger partial charge on any atom is 0.269 e. The maximum atomic E-state index is 13.1. The number of hydrogen-bond acceptors (Lipinski definition) is 7. The molecule has 0 radical (unpaired) electrons. The Balaban J connectivity index is 2.15. The van der Waals surface area contributed by atoms with Gasteiger partial charge in [-0.25, -0.2) is 0 Å². The third-order valence-electron chi connectivity index (χ3n) is 4.68. The van der Waals surface area contributed by atoms with Crippen molar-refractivity contribution in [3.8, 4) is 11.9 Å². The number of nitrogens with two attached hydrogens (primary N) is 1. The summed E-state index contributed by atoms with van der Waals surface area (Å²) < 4.78 is 5.42. The van der Waals surface area contributed by atoms with Crippen molar-refractivity contribution in [1.29, 1.82) is 5.26 Å². The lowest BCUT2D eigenvalue weighted by Gasteiger charge is -2.31. The molecule has 2 aromatic rings. The van der Waals surface area contributed by atoms with E-state index in [2.05, 4.69) is 15.5 Å². The molecule has 0 bridgehead atoms. The molecular weight excluding hydrogens is 340 g/mol. The number of carbonyl (C=O) groups excluding carboxylic acids is 1. The molecule has 0 saturated carbocycles. The Kier molecular flexibility index (Phi) is 3.05. The molecule has 10 nitrogen and oxygen atoms in total. The van der Waals surface area contributed by atoms with Crippen LogP contribution in [0.15, 0.2) is 29.7 Å². The van der Waals surface area contributed by atoms with E-state index in [1.165, 1.54) is 18.2 Å². The van der Waals surface area contributed by atoms with Gasteiger partial charge in [0.1, 0.15) is 17.1 Å². The van der Waals surface area contributed by atoms with Crippen molar-refractivity contribution in [3.05, 3.63) is 56.6 Å². The Morgan fingerprint density at radius 2 is 2.27 bits per heavy atom. The minimum Gasteiger partial charge on any atom is -0.420 e. The van der Waals surface area contributed by atoms with Crippen molar-refractivity contribution in [1.82, 2.24) is 10.2 Å². The highest BCUT2D eigenvalue weighted by Gasteiger charge is 2.58. The van der Waals surface area contributed by atoms with Gasteiger partial charge in [0.2, 0.25) is 17.7 Å². The van der Waals surface area contributed by atoms with E-state index in [9.17, 15) is 20.2 Å². The Morgan fingerprint density at radius 3 is 2.92 bits per heavy atom. The van der Waals surface area contributed by atoms with Crippen LogP contribution in [0, 0.1) is 21.4 Å². The van der Waals surface area contributed by atoms with Crippen LogP contribution in [0.2, 0.25) is 0 Å². The van der Waals surface area contributed by atoms with Crippen LogP contribution in [0.5, 0.6) is 5.88 Å². The zero-order valence-corrected chi connectivity index (χ0v) is 13.5. The van der Waals surface area contributed by atoms with Crippen molar-refractivity contribution in [2.75, 3.05) is 5.32 Å². The van der Waals surface area contributed by atoms with Gasteiger partial charge in [0.15, 0.2) is 0 Å². The van der Waals surface area contributed by atoms with Crippen LogP contribution < -0.4 is 15.8 Å². The highest BCUT2D eigenvalue weighted by molar-refractivity contribution is 6.13. The molecule has 3 heterocycles. The average molecular weight is 352 g/mol. The first-order chi connectivity index (χ1) is 12.4. The smallest absolute Gasteiger partial charge is 0.269 e. The molecule has 2 aliphatic rings. The normalized spacial score (nSPS) is 20.2. The van der Waals surface area contributed by atoms with E-state index in [-0.39, 0.29) is 28.6 Å². The van der Waals surface area contributed by atoms with Crippen LogP contribution in [0.25, 0.3) is 0 Å². The fourth-order valence-corrected chi connectivity index (χ4v) is 3.58. The van der Waals surface area contributed by atoms with Crippen molar-refractivity contribution in [3.63, 3.8) is 0 Å². The standard InChI is InChI=1S/C16H12N6O4/c1-2-10-12-14(21-20-10)26-13(18)9(6-17)16(12)8-5-7(22(24)25)3-4-11(8)19-15(16)23/h3-5H,2,18H2,1H3,(H,19,23)(H,20,21). The number of fused-ring (bicyclic) bond motifs is 4. The van der Waals surface area contributed by atoms with Gasteiger partial charge >= 0.3 is 0 Å². The summed E-state index contributed by atoms with van der Waals surface area (Å²) in [6.07, 6.45) is 0.476. The minimum atomic E-state index is -1.65. The van der Waals surface area contributed by atoms with E-state index in [0.717, 1.165) is 0 Å². The predicted molar refractivity (Wildman–Crippen MR) is 87.9 cm³/mol. The highest BCUT2D eigenvalue weighted by Crippen LogP contribution is 2.54. The van der Waals surface area contributed by atoms with E-state index in [1.807, 2.05) is 13.0 Å². The van der Waals surface area contributed by atoms with Crippen LogP contribution in [0.4, 0.5) is 11.4 Å². The summed E-state index contributed by atoms with van der Waals surface area (Å²) in [5.74, 6) is -0.718.